The number of rotatable bonds is 3. The topological polar surface area (TPSA) is 62.3 Å². The number of amides is 2. The first-order valence-electron chi connectivity index (χ1n) is 8.30. The van der Waals surface area contributed by atoms with Crippen molar-refractivity contribution in [2.45, 2.75) is 26.7 Å². The largest absolute Gasteiger partial charge is 0.337 e. The lowest BCUT2D eigenvalue weighted by Gasteiger charge is -2.15. The lowest BCUT2D eigenvalue weighted by Crippen LogP contribution is -2.29. The lowest BCUT2D eigenvalue weighted by molar-refractivity contribution is 0.0787. The van der Waals surface area contributed by atoms with Crippen LogP contribution in [0.4, 0.5) is 5.69 Å². The van der Waals surface area contributed by atoms with E-state index in [1.54, 1.807) is 29.2 Å². The van der Waals surface area contributed by atoms with Gasteiger partial charge in [0, 0.05) is 13.1 Å². The van der Waals surface area contributed by atoms with Crippen LogP contribution in [0.3, 0.4) is 0 Å². The van der Waals surface area contributed by atoms with Crippen molar-refractivity contribution >= 4 is 29.1 Å². The molecule has 1 aromatic carbocycles. The van der Waals surface area contributed by atoms with Gasteiger partial charge in [-0.15, -0.1) is 0 Å². The number of likely N-dealkylation sites (tertiary alicyclic amines) is 1. The molecule has 2 heterocycles. The standard InChI is InChI=1S/C19H20ClN3O2/c1-12-10-13(2)17(14(20)11-12)22-18(24)15-6-5-7-16(21-15)19(25)23-8-3-4-9-23/h5-7,10-11H,3-4,8-9H2,1-2H3,(H,22,24). The number of benzene rings is 1. The first-order chi connectivity index (χ1) is 12.0. The van der Waals surface area contributed by atoms with Crippen LogP contribution in [0.1, 0.15) is 44.9 Å². The SMILES string of the molecule is Cc1cc(C)c(NC(=O)c2cccc(C(=O)N3CCCC3)n2)c(Cl)c1. The maximum Gasteiger partial charge on any atom is 0.274 e. The quantitative estimate of drug-likeness (QED) is 0.907. The fourth-order valence-electron chi connectivity index (χ4n) is 3.01. The minimum Gasteiger partial charge on any atom is -0.337 e. The van der Waals surface area contributed by atoms with Crippen LogP contribution < -0.4 is 5.32 Å². The number of nitrogens with zero attached hydrogens (tertiary/aromatic N) is 2. The van der Waals surface area contributed by atoms with Crippen LogP contribution in [-0.4, -0.2) is 34.8 Å². The van der Waals surface area contributed by atoms with E-state index < -0.39 is 0 Å². The Bertz CT molecular complexity index is 806. The van der Waals surface area contributed by atoms with Crippen molar-refractivity contribution in [3.63, 3.8) is 0 Å². The Balaban J connectivity index is 1.81. The van der Waals surface area contributed by atoms with E-state index in [4.69, 9.17) is 11.6 Å². The molecule has 6 heteroatoms. The van der Waals surface area contributed by atoms with Crippen LogP contribution in [-0.2, 0) is 0 Å². The molecule has 1 aromatic heterocycles. The van der Waals surface area contributed by atoms with Crippen molar-refractivity contribution in [2.75, 3.05) is 18.4 Å². The molecule has 0 saturated carbocycles. The summed E-state index contributed by atoms with van der Waals surface area (Å²) in [5.41, 5.74) is 2.96. The molecule has 25 heavy (non-hydrogen) atoms. The Morgan fingerprint density at radius 1 is 1.12 bits per heavy atom. The number of halogens is 1. The van der Waals surface area contributed by atoms with Crippen molar-refractivity contribution in [2.24, 2.45) is 0 Å². The first-order valence-corrected chi connectivity index (χ1v) is 8.68. The Morgan fingerprint density at radius 2 is 1.80 bits per heavy atom. The molecule has 2 amide bonds. The molecule has 0 bridgehead atoms. The van der Waals surface area contributed by atoms with Gasteiger partial charge in [-0.2, -0.15) is 0 Å². The van der Waals surface area contributed by atoms with E-state index in [1.807, 2.05) is 19.9 Å². The number of hydrogen-bond acceptors (Lipinski definition) is 3. The van der Waals surface area contributed by atoms with Crippen molar-refractivity contribution in [1.29, 1.82) is 0 Å². The van der Waals surface area contributed by atoms with E-state index in [0.29, 0.717) is 16.4 Å². The summed E-state index contributed by atoms with van der Waals surface area (Å²) in [4.78, 5) is 31.0. The van der Waals surface area contributed by atoms with Crippen LogP contribution >= 0.6 is 11.6 Å². The summed E-state index contributed by atoms with van der Waals surface area (Å²) in [5, 5.41) is 3.28. The number of nitrogens with one attached hydrogen (secondary N) is 1. The summed E-state index contributed by atoms with van der Waals surface area (Å²) in [5.74, 6) is -0.512. The maximum atomic E-state index is 12.5. The zero-order valence-corrected chi connectivity index (χ0v) is 15.1. The second kappa shape index (κ2) is 7.23. The molecule has 5 nitrogen and oxygen atoms in total. The van der Waals surface area contributed by atoms with Crippen molar-refractivity contribution in [3.05, 3.63) is 57.9 Å². The number of aromatic nitrogens is 1. The van der Waals surface area contributed by atoms with Gasteiger partial charge in [0.15, 0.2) is 0 Å². The Morgan fingerprint density at radius 3 is 2.48 bits per heavy atom. The summed E-state index contributed by atoms with van der Waals surface area (Å²) < 4.78 is 0. The highest BCUT2D eigenvalue weighted by molar-refractivity contribution is 6.34. The Kier molecular flexibility index (Phi) is 5.04. The third-order valence-electron chi connectivity index (χ3n) is 4.26. The van der Waals surface area contributed by atoms with E-state index >= 15 is 0 Å². The van der Waals surface area contributed by atoms with Gasteiger partial charge in [-0.25, -0.2) is 4.98 Å². The number of pyridine rings is 1. The molecule has 1 aliphatic rings. The smallest absolute Gasteiger partial charge is 0.274 e. The van der Waals surface area contributed by atoms with Crippen molar-refractivity contribution in [1.82, 2.24) is 9.88 Å². The number of aryl methyl sites for hydroxylation is 2. The lowest BCUT2D eigenvalue weighted by atomic mass is 10.1. The molecule has 0 spiro atoms. The van der Waals surface area contributed by atoms with E-state index in [1.165, 1.54) is 0 Å². The highest BCUT2D eigenvalue weighted by Crippen LogP contribution is 2.27. The maximum absolute atomic E-state index is 12.5. The minimum absolute atomic E-state index is 0.128. The molecular formula is C19H20ClN3O2. The molecule has 0 atom stereocenters. The second-order valence-electron chi connectivity index (χ2n) is 6.30. The summed E-state index contributed by atoms with van der Waals surface area (Å²) >= 11 is 6.24. The molecule has 1 fully saturated rings. The summed E-state index contributed by atoms with van der Waals surface area (Å²) in [6, 6.07) is 8.65. The van der Waals surface area contributed by atoms with Gasteiger partial charge in [-0.05, 0) is 56.0 Å². The fourth-order valence-corrected chi connectivity index (χ4v) is 3.38. The summed E-state index contributed by atoms with van der Waals surface area (Å²) in [7, 11) is 0. The number of hydrogen-bond donors (Lipinski definition) is 1. The molecule has 1 saturated heterocycles. The summed E-state index contributed by atoms with van der Waals surface area (Å²) in [6.07, 6.45) is 2.02. The van der Waals surface area contributed by atoms with Gasteiger partial charge < -0.3 is 10.2 Å². The van der Waals surface area contributed by atoms with Gasteiger partial charge in [0.05, 0.1) is 10.7 Å². The molecular weight excluding hydrogens is 338 g/mol. The zero-order chi connectivity index (χ0) is 18.0. The molecule has 3 rings (SSSR count). The molecule has 0 unspecified atom stereocenters. The average Bonchev–Trinajstić information content (AvgIpc) is 3.12. The number of anilines is 1. The van der Waals surface area contributed by atoms with Crippen LogP contribution in [0.2, 0.25) is 5.02 Å². The van der Waals surface area contributed by atoms with Crippen LogP contribution in [0.5, 0.6) is 0 Å². The third-order valence-corrected chi connectivity index (χ3v) is 4.56. The van der Waals surface area contributed by atoms with Gasteiger partial charge in [0.25, 0.3) is 11.8 Å². The Hall–Kier alpha value is -2.40. The summed E-state index contributed by atoms with van der Waals surface area (Å²) in [6.45, 7) is 5.32. The zero-order valence-electron chi connectivity index (χ0n) is 14.3. The first kappa shape index (κ1) is 17.4. The van der Waals surface area contributed by atoms with Gasteiger partial charge in [0.2, 0.25) is 0 Å². The van der Waals surface area contributed by atoms with E-state index in [2.05, 4.69) is 10.3 Å². The van der Waals surface area contributed by atoms with Crippen molar-refractivity contribution in [3.8, 4) is 0 Å². The van der Waals surface area contributed by atoms with E-state index in [-0.39, 0.29) is 17.5 Å². The van der Waals surface area contributed by atoms with Crippen LogP contribution in [0, 0.1) is 13.8 Å². The molecule has 0 aliphatic carbocycles. The predicted molar refractivity (Wildman–Crippen MR) is 98.3 cm³/mol. The third kappa shape index (κ3) is 3.82. The highest BCUT2D eigenvalue weighted by Gasteiger charge is 2.21. The normalized spacial score (nSPS) is 13.8. The number of carbonyl (C=O) groups excluding carboxylic acids is 2. The molecule has 1 N–H and O–H groups in total. The van der Waals surface area contributed by atoms with Crippen LogP contribution in [0.25, 0.3) is 0 Å². The van der Waals surface area contributed by atoms with E-state index in [0.717, 1.165) is 37.1 Å². The van der Waals surface area contributed by atoms with E-state index in [9.17, 15) is 9.59 Å². The Labute approximate surface area is 152 Å². The van der Waals surface area contributed by atoms with Crippen molar-refractivity contribution < 1.29 is 9.59 Å². The molecule has 0 radical (unpaired) electrons. The number of carbonyl (C=O) groups is 2. The second-order valence-corrected chi connectivity index (χ2v) is 6.71. The molecule has 1 aliphatic heterocycles. The molecule has 2 aromatic rings. The highest BCUT2D eigenvalue weighted by atomic mass is 35.5. The van der Waals surface area contributed by atoms with Gasteiger partial charge in [-0.3, -0.25) is 9.59 Å². The predicted octanol–water partition coefficient (Wildman–Crippen LogP) is 3.84. The van der Waals surface area contributed by atoms with Gasteiger partial charge >= 0.3 is 0 Å². The average molecular weight is 358 g/mol. The fraction of sp³-hybridized carbons (Fsp3) is 0.316. The monoisotopic (exact) mass is 357 g/mol. The van der Waals surface area contributed by atoms with Gasteiger partial charge in [0.1, 0.15) is 11.4 Å². The van der Waals surface area contributed by atoms with Crippen LogP contribution in [0.15, 0.2) is 30.3 Å². The minimum atomic E-state index is -0.384. The van der Waals surface area contributed by atoms with Gasteiger partial charge in [-0.1, -0.05) is 23.7 Å². The molecule has 130 valence electrons.